The van der Waals surface area contributed by atoms with Gasteiger partial charge >= 0.3 is 0 Å². The van der Waals surface area contributed by atoms with Gasteiger partial charge in [0.1, 0.15) is 0 Å². The number of aryl methyl sites for hydroxylation is 1. The third-order valence-corrected chi connectivity index (χ3v) is 2.36. The number of unbranched alkanes of at least 4 members (excludes halogenated alkanes) is 1. The predicted octanol–water partition coefficient (Wildman–Crippen LogP) is 2.14. The first-order chi connectivity index (χ1) is 7.63. The molecule has 0 saturated heterocycles. The number of hydrogen-bond donors (Lipinski definition) is 2. The molecule has 0 unspecified atom stereocenters. The second kappa shape index (κ2) is 6.45. The summed E-state index contributed by atoms with van der Waals surface area (Å²) >= 11 is 5.84. The van der Waals surface area contributed by atoms with E-state index in [9.17, 15) is 4.79 Å². The van der Waals surface area contributed by atoms with E-state index in [1.807, 2.05) is 6.92 Å². The van der Waals surface area contributed by atoms with Crippen molar-refractivity contribution in [1.29, 1.82) is 0 Å². The minimum Gasteiger partial charge on any atom is -0.396 e. The zero-order valence-electron chi connectivity index (χ0n) is 9.16. The Kier molecular flexibility index (Phi) is 5.22. The molecule has 0 spiro atoms. The Balaban J connectivity index is 2.52. The van der Waals surface area contributed by atoms with Crippen molar-refractivity contribution in [3.8, 4) is 0 Å². The van der Waals surface area contributed by atoms with Crippen molar-refractivity contribution in [1.82, 2.24) is 4.98 Å². The number of pyridine rings is 1. The van der Waals surface area contributed by atoms with Crippen LogP contribution in [0.25, 0.3) is 0 Å². The van der Waals surface area contributed by atoms with Crippen LogP contribution in [0.3, 0.4) is 0 Å². The Morgan fingerprint density at radius 3 is 3.00 bits per heavy atom. The molecule has 0 aliphatic carbocycles. The molecule has 1 aromatic heterocycles. The van der Waals surface area contributed by atoms with Crippen LogP contribution in [-0.4, -0.2) is 22.6 Å². The van der Waals surface area contributed by atoms with Gasteiger partial charge in [-0.05, 0) is 31.4 Å². The molecule has 0 aromatic carbocycles. The number of aromatic nitrogens is 1. The van der Waals surface area contributed by atoms with Crippen LogP contribution < -0.4 is 5.32 Å². The number of anilines is 1. The van der Waals surface area contributed by atoms with Crippen LogP contribution in [0.1, 0.15) is 24.8 Å². The molecule has 1 aromatic rings. The molecule has 88 valence electrons. The normalized spacial score (nSPS) is 10.2. The Morgan fingerprint density at radius 1 is 1.56 bits per heavy atom. The van der Waals surface area contributed by atoms with Crippen molar-refractivity contribution in [2.75, 3.05) is 11.9 Å². The predicted molar refractivity (Wildman–Crippen MR) is 63.6 cm³/mol. The van der Waals surface area contributed by atoms with E-state index in [0.29, 0.717) is 30.1 Å². The third-order valence-electron chi connectivity index (χ3n) is 2.06. The van der Waals surface area contributed by atoms with Gasteiger partial charge in [-0.1, -0.05) is 11.6 Å². The second-order valence-electron chi connectivity index (χ2n) is 3.58. The van der Waals surface area contributed by atoms with E-state index in [1.165, 1.54) is 0 Å². The summed E-state index contributed by atoms with van der Waals surface area (Å²) < 4.78 is 0. The molecule has 0 bridgehead atoms. The Labute approximate surface area is 99.6 Å². The van der Waals surface area contributed by atoms with Gasteiger partial charge in [-0.3, -0.25) is 4.79 Å². The minimum absolute atomic E-state index is 0.109. The maximum atomic E-state index is 11.5. The molecule has 0 saturated carbocycles. The molecular formula is C11H15ClN2O2. The van der Waals surface area contributed by atoms with E-state index in [4.69, 9.17) is 16.7 Å². The number of hydrogen-bond acceptors (Lipinski definition) is 3. The summed E-state index contributed by atoms with van der Waals surface area (Å²) in [6.07, 6.45) is 3.32. The molecule has 0 aliphatic heterocycles. The van der Waals surface area contributed by atoms with E-state index < -0.39 is 0 Å². The third kappa shape index (κ3) is 4.16. The van der Waals surface area contributed by atoms with Crippen molar-refractivity contribution in [2.24, 2.45) is 0 Å². The molecule has 0 radical (unpaired) electrons. The van der Waals surface area contributed by atoms with Gasteiger partial charge in [-0.15, -0.1) is 0 Å². The number of halogens is 1. The van der Waals surface area contributed by atoms with Crippen molar-refractivity contribution < 1.29 is 9.90 Å². The molecule has 1 amide bonds. The summed E-state index contributed by atoms with van der Waals surface area (Å²) in [6, 6.07) is 1.78. The molecule has 0 fully saturated rings. The highest BCUT2D eigenvalue weighted by Crippen LogP contribution is 2.19. The highest BCUT2D eigenvalue weighted by atomic mass is 35.5. The number of aliphatic hydroxyl groups excluding tert-OH is 1. The number of rotatable bonds is 5. The maximum absolute atomic E-state index is 11.5. The van der Waals surface area contributed by atoms with Crippen LogP contribution in [0, 0.1) is 6.92 Å². The average molecular weight is 243 g/mol. The van der Waals surface area contributed by atoms with Crippen LogP contribution in [-0.2, 0) is 4.79 Å². The van der Waals surface area contributed by atoms with Crippen molar-refractivity contribution in [2.45, 2.75) is 26.2 Å². The fraction of sp³-hybridized carbons (Fsp3) is 0.455. The first-order valence-electron chi connectivity index (χ1n) is 5.16. The van der Waals surface area contributed by atoms with Crippen molar-refractivity contribution in [3.63, 3.8) is 0 Å². The van der Waals surface area contributed by atoms with Gasteiger partial charge < -0.3 is 10.4 Å². The summed E-state index contributed by atoms with van der Waals surface area (Å²) in [5.41, 5.74) is 1.48. The molecule has 1 rings (SSSR count). The second-order valence-corrected chi connectivity index (χ2v) is 3.94. The maximum Gasteiger partial charge on any atom is 0.224 e. The molecule has 16 heavy (non-hydrogen) atoms. The number of nitrogens with one attached hydrogen (secondary N) is 1. The van der Waals surface area contributed by atoms with Crippen LogP contribution in [0.5, 0.6) is 0 Å². The Hall–Kier alpha value is -1.13. The van der Waals surface area contributed by atoms with Gasteiger partial charge in [-0.2, -0.15) is 0 Å². The van der Waals surface area contributed by atoms with Gasteiger partial charge in [0.05, 0.1) is 5.69 Å². The van der Waals surface area contributed by atoms with Gasteiger partial charge in [0.25, 0.3) is 0 Å². The zero-order chi connectivity index (χ0) is 12.0. The topological polar surface area (TPSA) is 62.2 Å². The Morgan fingerprint density at radius 2 is 2.31 bits per heavy atom. The molecular weight excluding hydrogens is 228 g/mol. The van der Waals surface area contributed by atoms with Crippen LogP contribution in [0.4, 0.5) is 5.69 Å². The number of aliphatic hydroxyl groups is 1. The monoisotopic (exact) mass is 242 g/mol. The number of carbonyl (C=O) groups is 1. The quantitative estimate of drug-likeness (QED) is 0.614. The molecule has 1 heterocycles. The van der Waals surface area contributed by atoms with Crippen LogP contribution in [0.15, 0.2) is 12.3 Å². The minimum atomic E-state index is -0.109. The lowest BCUT2D eigenvalue weighted by Gasteiger charge is -2.06. The van der Waals surface area contributed by atoms with Gasteiger partial charge in [0.2, 0.25) is 5.91 Å². The number of amides is 1. The van der Waals surface area contributed by atoms with Crippen LogP contribution in [0.2, 0.25) is 5.15 Å². The summed E-state index contributed by atoms with van der Waals surface area (Å²) in [5.74, 6) is -0.109. The number of nitrogens with zero attached hydrogens (tertiary/aromatic N) is 1. The highest BCUT2D eigenvalue weighted by molar-refractivity contribution is 6.32. The van der Waals surface area contributed by atoms with Gasteiger partial charge in [-0.25, -0.2) is 4.98 Å². The lowest BCUT2D eigenvalue weighted by molar-refractivity contribution is -0.116. The average Bonchev–Trinajstić information content (AvgIpc) is 2.24. The highest BCUT2D eigenvalue weighted by Gasteiger charge is 2.06. The fourth-order valence-electron chi connectivity index (χ4n) is 1.25. The lowest BCUT2D eigenvalue weighted by Crippen LogP contribution is -2.12. The molecule has 2 N–H and O–H groups in total. The van der Waals surface area contributed by atoms with E-state index in [1.54, 1.807) is 12.3 Å². The lowest BCUT2D eigenvalue weighted by atomic mass is 10.2. The molecule has 4 nitrogen and oxygen atoms in total. The smallest absolute Gasteiger partial charge is 0.224 e. The SMILES string of the molecule is Cc1cnc(Cl)c(NC(=O)CCCCO)c1. The van der Waals surface area contributed by atoms with E-state index in [0.717, 1.165) is 5.56 Å². The van der Waals surface area contributed by atoms with Gasteiger partial charge in [0.15, 0.2) is 5.15 Å². The molecule has 0 atom stereocenters. The van der Waals surface area contributed by atoms with Crippen molar-refractivity contribution >= 4 is 23.2 Å². The van der Waals surface area contributed by atoms with E-state index in [2.05, 4.69) is 10.3 Å². The summed E-state index contributed by atoms with van der Waals surface area (Å²) in [7, 11) is 0. The Bertz CT molecular complexity index is 369. The fourth-order valence-corrected chi connectivity index (χ4v) is 1.40. The first-order valence-corrected chi connectivity index (χ1v) is 5.54. The first kappa shape index (κ1) is 12.9. The summed E-state index contributed by atoms with van der Waals surface area (Å²) in [5, 5.41) is 11.6. The summed E-state index contributed by atoms with van der Waals surface area (Å²) in [4.78, 5) is 15.4. The number of carbonyl (C=O) groups excluding carboxylic acids is 1. The summed E-state index contributed by atoms with van der Waals surface area (Å²) in [6.45, 7) is 1.99. The van der Waals surface area contributed by atoms with E-state index in [-0.39, 0.29) is 12.5 Å². The largest absolute Gasteiger partial charge is 0.396 e. The van der Waals surface area contributed by atoms with Gasteiger partial charge in [0, 0.05) is 19.2 Å². The van der Waals surface area contributed by atoms with Crippen molar-refractivity contribution in [3.05, 3.63) is 23.0 Å². The molecule has 0 aliphatic rings. The molecule has 5 heteroatoms. The van der Waals surface area contributed by atoms with Crippen LogP contribution >= 0.6 is 11.6 Å². The van der Waals surface area contributed by atoms with E-state index >= 15 is 0 Å². The zero-order valence-corrected chi connectivity index (χ0v) is 9.92. The standard InChI is InChI=1S/C11H15ClN2O2/c1-8-6-9(11(12)13-7-8)14-10(16)4-2-3-5-15/h6-7,15H,2-5H2,1H3,(H,14,16).